The van der Waals surface area contributed by atoms with Gasteiger partial charge in [0, 0.05) is 35.4 Å². The first-order chi connectivity index (χ1) is 17.1. The van der Waals surface area contributed by atoms with Crippen molar-refractivity contribution in [2.24, 2.45) is 5.92 Å². The van der Waals surface area contributed by atoms with E-state index < -0.39 is 0 Å². The number of hydrogen-bond donors (Lipinski definition) is 1. The van der Waals surface area contributed by atoms with Crippen molar-refractivity contribution >= 4 is 17.5 Å². The summed E-state index contributed by atoms with van der Waals surface area (Å²) >= 11 is 6.15. The molecule has 1 saturated heterocycles. The molecule has 2 aromatic carbocycles. The zero-order valence-corrected chi connectivity index (χ0v) is 20.6. The van der Waals surface area contributed by atoms with Crippen molar-refractivity contribution in [3.8, 4) is 5.75 Å². The normalized spacial score (nSPS) is 17.7. The van der Waals surface area contributed by atoms with Gasteiger partial charge in [-0.2, -0.15) is 0 Å². The first kappa shape index (κ1) is 23.8. The van der Waals surface area contributed by atoms with E-state index in [0.29, 0.717) is 35.0 Å². The fourth-order valence-electron chi connectivity index (χ4n) is 5.33. The van der Waals surface area contributed by atoms with Crippen molar-refractivity contribution in [3.05, 3.63) is 94.8 Å². The maximum atomic E-state index is 13.7. The van der Waals surface area contributed by atoms with Gasteiger partial charge in [-0.05, 0) is 87.0 Å². The van der Waals surface area contributed by atoms with Crippen LogP contribution in [-0.2, 0) is 13.0 Å². The quantitative estimate of drug-likeness (QED) is 0.449. The third kappa shape index (κ3) is 5.85. The van der Waals surface area contributed by atoms with Crippen LogP contribution in [0.15, 0.2) is 72.9 Å². The van der Waals surface area contributed by atoms with Crippen LogP contribution >= 0.6 is 11.6 Å². The zero-order valence-electron chi connectivity index (χ0n) is 19.9. The first-order valence-corrected chi connectivity index (χ1v) is 12.9. The molecule has 35 heavy (non-hydrogen) atoms. The number of carbonyl (C=O) groups is 1. The predicted molar refractivity (Wildman–Crippen MR) is 138 cm³/mol. The second-order valence-electron chi connectivity index (χ2n) is 9.80. The van der Waals surface area contributed by atoms with Crippen molar-refractivity contribution in [2.75, 3.05) is 13.1 Å². The molecular formula is C29H32ClN3O2. The number of piperidine rings is 1. The molecule has 5 rings (SSSR count). The van der Waals surface area contributed by atoms with Crippen LogP contribution in [0.25, 0.3) is 0 Å². The molecule has 1 atom stereocenters. The summed E-state index contributed by atoms with van der Waals surface area (Å²) in [7, 11) is 0. The Kier molecular flexibility index (Phi) is 7.35. The number of phenols is 1. The Morgan fingerprint density at radius 1 is 1.03 bits per heavy atom. The number of benzene rings is 2. The molecule has 3 aromatic rings. The van der Waals surface area contributed by atoms with Gasteiger partial charge in [-0.3, -0.25) is 14.7 Å². The summed E-state index contributed by atoms with van der Waals surface area (Å²) in [6.07, 6.45) is 6.71. The van der Waals surface area contributed by atoms with Gasteiger partial charge < -0.3 is 10.0 Å². The average Bonchev–Trinajstić information content (AvgIpc) is 3.73. The molecular weight excluding hydrogens is 458 g/mol. The highest BCUT2D eigenvalue weighted by molar-refractivity contribution is 6.30. The van der Waals surface area contributed by atoms with Gasteiger partial charge in [-0.1, -0.05) is 48.0 Å². The first-order valence-electron chi connectivity index (χ1n) is 12.6. The Morgan fingerprint density at radius 3 is 2.46 bits per heavy atom. The highest BCUT2D eigenvalue weighted by Gasteiger charge is 2.42. The lowest BCUT2D eigenvalue weighted by Crippen LogP contribution is -2.50. The smallest absolute Gasteiger partial charge is 0.272 e. The Bertz CT molecular complexity index is 1130. The second-order valence-corrected chi connectivity index (χ2v) is 10.2. The minimum atomic E-state index is 0.0558. The lowest BCUT2D eigenvalue weighted by Gasteiger charge is -2.42. The molecule has 6 heteroatoms. The Hall–Kier alpha value is -2.89. The van der Waals surface area contributed by atoms with E-state index in [1.54, 1.807) is 18.3 Å². The number of aromatic nitrogens is 1. The number of carbonyl (C=O) groups excluding carboxylic acids is 1. The predicted octanol–water partition coefficient (Wildman–Crippen LogP) is 5.57. The Morgan fingerprint density at radius 2 is 1.77 bits per heavy atom. The lowest BCUT2D eigenvalue weighted by molar-refractivity contribution is 0.0476. The van der Waals surface area contributed by atoms with Crippen LogP contribution in [-0.4, -0.2) is 51.0 Å². The summed E-state index contributed by atoms with van der Waals surface area (Å²) in [4.78, 5) is 22.6. The third-order valence-corrected chi connectivity index (χ3v) is 7.55. The third-order valence-electron chi connectivity index (χ3n) is 7.32. The van der Waals surface area contributed by atoms with Crippen molar-refractivity contribution < 1.29 is 9.90 Å². The molecule has 1 amide bonds. The van der Waals surface area contributed by atoms with E-state index in [1.165, 1.54) is 5.56 Å². The van der Waals surface area contributed by atoms with Crippen LogP contribution in [0.2, 0.25) is 5.02 Å². The van der Waals surface area contributed by atoms with Crippen molar-refractivity contribution in [1.82, 2.24) is 14.8 Å². The van der Waals surface area contributed by atoms with E-state index in [2.05, 4.69) is 39.0 Å². The summed E-state index contributed by atoms with van der Waals surface area (Å²) in [6, 6.07) is 21.8. The van der Waals surface area contributed by atoms with E-state index in [9.17, 15) is 9.90 Å². The minimum absolute atomic E-state index is 0.0558. The maximum Gasteiger partial charge on any atom is 0.272 e. The monoisotopic (exact) mass is 489 g/mol. The van der Waals surface area contributed by atoms with Gasteiger partial charge in [0.15, 0.2) is 0 Å². The van der Waals surface area contributed by atoms with E-state index in [-0.39, 0.29) is 11.9 Å². The molecule has 182 valence electrons. The minimum Gasteiger partial charge on any atom is -0.508 e. The van der Waals surface area contributed by atoms with Crippen LogP contribution in [0.3, 0.4) is 0 Å². The highest BCUT2D eigenvalue weighted by atomic mass is 35.5. The van der Waals surface area contributed by atoms with Crippen LogP contribution in [0.5, 0.6) is 5.75 Å². The van der Waals surface area contributed by atoms with Crippen molar-refractivity contribution in [2.45, 2.75) is 50.7 Å². The molecule has 0 spiro atoms. The molecule has 2 aliphatic rings. The van der Waals surface area contributed by atoms with E-state index >= 15 is 0 Å². The SMILES string of the molecule is O=C(c1ccccn1)N(C1CC1)C(Cc1ccccc1)C1CCN(Cc2cc(Cl)ccc2O)CC1. The van der Waals surface area contributed by atoms with Crippen molar-refractivity contribution in [1.29, 1.82) is 0 Å². The molecule has 1 N–H and O–H groups in total. The Labute approximate surface area is 212 Å². The number of hydrogen-bond acceptors (Lipinski definition) is 4. The molecule has 1 aliphatic heterocycles. The molecule has 1 unspecified atom stereocenters. The van der Waals surface area contributed by atoms with Crippen LogP contribution in [0.4, 0.5) is 0 Å². The van der Waals surface area contributed by atoms with E-state index in [4.69, 9.17) is 11.6 Å². The molecule has 0 radical (unpaired) electrons. The number of likely N-dealkylation sites (tertiary alicyclic amines) is 1. The van der Waals surface area contributed by atoms with Gasteiger partial charge in [0.1, 0.15) is 11.4 Å². The second kappa shape index (κ2) is 10.8. The summed E-state index contributed by atoms with van der Waals surface area (Å²) in [6.45, 7) is 2.54. The van der Waals surface area contributed by atoms with Gasteiger partial charge in [0.2, 0.25) is 0 Å². The standard InChI is InChI=1S/C29H32ClN3O2/c30-24-9-12-28(34)23(19-24)20-32-16-13-22(14-17-32)27(18-21-6-2-1-3-7-21)33(25-10-11-25)29(35)26-8-4-5-15-31-26/h1-9,12,15,19,22,25,27,34H,10-11,13-14,16-18,20H2. The average molecular weight is 490 g/mol. The van der Waals surface area contributed by atoms with Crippen LogP contribution in [0.1, 0.15) is 47.3 Å². The topological polar surface area (TPSA) is 56.7 Å². The number of pyridine rings is 1. The van der Waals surface area contributed by atoms with E-state index in [0.717, 1.165) is 50.8 Å². The summed E-state index contributed by atoms with van der Waals surface area (Å²) in [5.74, 6) is 0.757. The maximum absolute atomic E-state index is 13.7. The largest absolute Gasteiger partial charge is 0.508 e. The highest BCUT2D eigenvalue weighted by Crippen LogP contribution is 2.36. The number of aromatic hydroxyl groups is 1. The van der Waals surface area contributed by atoms with Crippen molar-refractivity contribution in [3.63, 3.8) is 0 Å². The number of nitrogens with zero attached hydrogens (tertiary/aromatic N) is 3. The molecule has 1 saturated carbocycles. The number of phenolic OH excluding ortho intramolecular Hbond substituents is 1. The molecule has 2 heterocycles. The zero-order chi connectivity index (χ0) is 24.2. The number of amides is 1. The fraction of sp³-hybridized carbons (Fsp3) is 0.379. The van der Waals surface area contributed by atoms with Gasteiger partial charge in [0.05, 0.1) is 0 Å². The molecule has 2 fully saturated rings. The van der Waals surface area contributed by atoms with Gasteiger partial charge in [-0.25, -0.2) is 0 Å². The van der Waals surface area contributed by atoms with Gasteiger partial charge >= 0.3 is 0 Å². The van der Waals surface area contributed by atoms with Gasteiger partial charge in [0.25, 0.3) is 5.91 Å². The summed E-state index contributed by atoms with van der Waals surface area (Å²) < 4.78 is 0. The lowest BCUT2D eigenvalue weighted by atomic mass is 9.84. The molecule has 1 aliphatic carbocycles. The van der Waals surface area contributed by atoms with E-state index in [1.807, 2.05) is 30.3 Å². The molecule has 1 aromatic heterocycles. The fourth-order valence-corrected chi connectivity index (χ4v) is 5.52. The van der Waals surface area contributed by atoms with Crippen LogP contribution < -0.4 is 0 Å². The van der Waals surface area contributed by atoms with Gasteiger partial charge in [-0.15, -0.1) is 0 Å². The summed E-state index contributed by atoms with van der Waals surface area (Å²) in [5.41, 5.74) is 2.66. The molecule has 0 bridgehead atoms. The Balaban J connectivity index is 1.34. The number of halogens is 1. The number of rotatable bonds is 8. The molecule has 5 nitrogen and oxygen atoms in total. The van der Waals surface area contributed by atoms with Crippen LogP contribution in [0, 0.1) is 5.92 Å². The summed E-state index contributed by atoms with van der Waals surface area (Å²) in [5, 5.41) is 10.9.